The third-order valence-corrected chi connectivity index (χ3v) is 2.31. The van der Waals surface area contributed by atoms with Gasteiger partial charge >= 0.3 is 0 Å². The van der Waals surface area contributed by atoms with E-state index in [0.717, 1.165) is 5.82 Å². The van der Waals surface area contributed by atoms with Gasteiger partial charge in [0.2, 0.25) is 0 Å². The fourth-order valence-corrected chi connectivity index (χ4v) is 1.56. The number of hydrogen-bond donors (Lipinski definition) is 2. The number of rotatable bonds is 5. The molecule has 2 N–H and O–H groups in total. The highest BCUT2D eigenvalue weighted by Gasteiger charge is 2.05. The molecule has 0 saturated carbocycles. The van der Waals surface area contributed by atoms with Gasteiger partial charge in [-0.15, -0.1) is 0 Å². The minimum atomic E-state index is -0.334. The average Bonchev–Trinajstić information content (AvgIpc) is 2.80. The lowest BCUT2D eigenvalue weighted by Gasteiger charge is -2.11. The normalized spacial score (nSPS) is 10.7. The van der Waals surface area contributed by atoms with Crippen LogP contribution < -0.4 is 10.1 Å². The first kappa shape index (κ1) is 12.4. The molecule has 0 unspecified atom stereocenters. The van der Waals surface area contributed by atoms with Crippen molar-refractivity contribution < 1.29 is 9.13 Å². The van der Waals surface area contributed by atoms with E-state index in [1.54, 1.807) is 24.5 Å². The number of imidazole rings is 1. The first-order valence-electron chi connectivity index (χ1n) is 5.83. The summed E-state index contributed by atoms with van der Waals surface area (Å²) in [5.41, 5.74) is 0.433. The molecule has 0 radical (unpaired) electrons. The number of aromatic nitrogens is 2. The van der Waals surface area contributed by atoms with Gasteiger partial charge in [0.05, 0.1) is 18.3 Å². The number of H-pyrrole nitrogens is 1. The van der Waals surface area contributed by atoms with Gasteiger partial charge in [-0.1, -0.05) is 0 Å². The smallest absolute Gasteiger partial charge is 0.149 e. The van der Waals surface area contributed by atoms with Gasteiger partial charge in [0.15, 0.2) is 0 Å². The second-order valence-electron chi connectivity index (χ2n) is 4.20. The van der Waals surface area contributed by atoms with Crippen LogP contribution in [0.4, 0.5) is 10.1 Å². The number of nitrogens with one attached hydrogen (secondary N) is 2. The molecule has 0 spiro atoms. The van der Waals surface area contributed by atoms with E-state index in [-0.39, 0.29) is 11.9 Å². The quantitative estimate of drug-likeness (QED) is 0.856. The Balaban J connectivity index is 2.01. The van der Waals surface area contributed by atoms with Crippen LogP contribution in [0.5, 0.6) is 5.75 Å². The Labute approximate surface area is 105 Å². The maximum atomic E-state index is 13.8. The zero-order valence-corrected chi connectivity index (χ0v) is 10.4. The molecule has 0 amide bonds. The molecular formula is C13H16FN3O. The Morgan fingerprint density at radius 2 is 2.28 bits per heavy atom. The Hall–Kier alpha value is -2.04. The lowest BCUT2D eigenvalue weighted by molar-refractivity contribution is 0.241. The van der Waals surface area contributed by atoms with Crippen LogP contribution in [0, 0.1) is 5.82 Å². The molecule has 0 fully saturated rings. The molecule has 18 heavy (non-hydrogen) atoms. The van der Waals surface area contributed by atoms with Crippen LogP contribution in [0.3, 0.4) is 0 Å². The minimum Gasteiger partial charge on any atom is -0.491 e. The highest BCUT2D eigenvalue weighted by molar-refractivity contribution is 5.48. The Morgan fingerprint density at radius 1 is 1.44 bits per heavy atom. The maximum absolute atomic E-state index is 13.8. The van der Waals surface area contributed by atoms with E-state index in [0.29, 0.717) is 18.0 Å². The predicted molar refractivity (Wildman–Crippen MR) is 68.1 cm³/mol. The van der Waals surface area contributed by atoms with Crippen molar-refractivity contribution >= 4 is 5.69 Å². The van der Waals surface area contributed by atoms with E-state index in [4.69, 9.17) is 4.74 Å². The largest absolute Gasteiger partial charge is 0.491 e. The summed E-state index contributed by atoms with van der Waals surface area (Å²) >= 11 is 0. The number of aromatic amines is 1. The van der Waals surface area contributed by atoms with Gasteiger partial charge in [-0.3, -0.25) is 0 Å². The molecule has 1 aromatic heterocycles. The Bertz CT molecular complexity index is 497. The van der Waals surface area contributed by atoms with Gasteiger partial charge in [0, 0.05) is 18.5 Å². The van der Waals surface area contributed by atoms with Crippen LogP contribution in [-0.2, 0) is 6.54 Å². The van der Waals surface area contributed by atoms with E-state index >= 15 is 0 Å². The highest BCUT2D eigenvalue weighted by Crippen LogP contribution is 2.21. The predicted octanol–water partition coefficient (Wildman–Crippen LogP) is 2.95. The van der Waals surface area contributed by atoms with Crippen molar-refractivity contribution in [3.63, 3.8) is 0 Å². The maximum Gasteiger partial charge on any atom is 0.149 e. The molecule has 0 bridgehead atoms. The summed E-state index contributed by atoms with van der Waals surface area (Å²) in [7, 11) is 0. The number of nitrogens with zero attached hydrogens (tertiary/aromatic N) is 1. The fourth-order valence-electron chi connectivity index (χ4n) is 1.56. The molecule has 0 aliphatic carbocycles. The highest BCUT2D eigenvalue weighted by atomic mass is 19.1. The van der Waals surface area contributed by atoms with Gasteiger partial charge in [-0.25, -0.2) is 9.37 Å². The summed E-state index contributed by atoms with van der Waals surface area (Å²) in [5.74, 6) is 0.961. The Kier molecular flexibility index (Phi) is 3.82. The second-order valence-corrected chi connectivity index (χ2v) is 4.20. The minimum absolute atomic E-state index is 0.0336. The molecule has 2 rings (SSSR count). The molecular weight excluding hydrogens is 233 g/mol. The van der Waals surface area contributed by atoms with Gasteiger partial charge in [-0.05, 0) is 26.0 Å². The molecule has 1 aromatic carbocycles. The van der Waals surface area contributed by atoms with E-state index in [2.05, 4.69) is 15.3 Å². The van der Waals surface area contributed by atoms with E-state index in [9.17, 15) is 4.39 Å². The van der Waals surface area contributed by atoms with Crippen LogP contribution in [0.25, 0.3) is 0 Å². The van der Waals surface area contributed by atoms with Crippen LogP contribution >= 0.6 is 0 Å². The molecule has 4 nitrogen and oxygen atoms in total. The zero-order valence-electron chi connectivity index (χ0n) is 10.4. The van der Waals surface area contributed by atoms with E-state index in [1.807, 2.05) is 13.8 Å². The monoisotopic (exact) mass is 249 g/mol. The van der Waals surface area contributed by atoms with Gasteiger partial charge in [-0.2, -0.15) is 0 Å². The average molecular weight is 249 g/mol. The van der Waals surface area contributed by atoms with Gasteiger partial charge in [0.1, 0.15) is 17.4 Å². The van der Waals surface area contributed by atoms with Crippen LogP contribution in [0.1, 0.15) is 19.7 Å². The van der Waals surface area contributed by atoms with Gasteiger partial charge < -0.3 is 15.0 Å². The SMILES string of the molecule is CC(C)Oc1ccc(NCc2ncc[nH]2)c(F)c1. The molecule has 0 atom stereocenters. The zero-order chi connectivity index (χ0) is 13.0. The first-order chi connectivity index (χ1) is 8.65. The fraction of sp³-hybridized carbons (Fsp3) is 0.308. The summed E-state index contributed by atoms with van der Waals surface area (Å²) in [6.45, 7) is 4.26. The van der Waals surface area contributed by atoms with Crippen LogP contribution in [0.2, 0.25) is 0 Å². The lowest BCUT2D eigenvalue weighted by atomic mass is 10.3. The van der Waals surface area contributed by atoms with Crippen molar-refractivity contribution in [2.75, 3.05) is 5.32 Å². The molecule has 0 aliphatic heterocycles. The van der Waals surface area contributed by atoms with Gasteiger partial charge in [0.25, 0.3) is 0 Å². The summed E-state index contributed by atoms with van der Waals surface area (Å²) in [4.78, 5) is 7.00. The van der Waals surface area contributed by atoms with Crippen molar-refractivity contribution in [1.29, 1.82) is 0 Å². The molecule has 2 aromatic rings. The van der Waals surface area contributed by atoms with Crippen LogP contribution in [-0.4, -0.2) is 16.1 Å². The Morgan fingerprint density at radius 3 is 2.89 bits per heavy atom. The molecule has 0 saturated heterocycles. The molecule has 96 valence electrons. The number of benzene rings is 1. The number of anilines is 1. The van der Waals surface area contributed by atoms with Crippen LogP contribution in [0.15, 0.2) is 30.6 Å². The van der Waals surface area contributed by atoms with E-state index in [1.165, 1.54) is 6.07 Å². The molecule has 0 aliphatic rings. The van der Waals surface area contributed by atoms with Crippen molar-refractivity contribution in [3.8, 4) is 5.75 Å². The number of halogens is 1. The third-order valence-electron chi connectivity index (χ3n) is 2.31. The van der Waals surface area contributed by atoms with E-state index < -0.39 is 0 Å². The third kappa shape index (κ3) is 3.23. The van der Waals surface area contributed by atoms with Crippen molar-refractivity contribution in [1.82, 2.24) is 9.97 Å². The summed E-state index contributed by atoms with van der Waals surface area (Å²) < 4.78 is 19.2. The molecule has 1 heterocycles. The topological polar surface area (TPSA) is 49.9 Å². The first-order valence-corrected chi connectivity index (χ1v) is 5.83. The molecule has 5 heteroatoms. The summed E-state index contributed by atoms with van der Waals surface area (Å²) in [6.07, 6.45) is 3.42. The standard InChI is InChI=1S/C13H16FN3O/c1-9(2)18-10-3-4-12(11(14)7-10)17-8-13-15-5-6-16-13/h3-7,9,17H,8H2,1-2H3,(H,15,16). The second kappa shape index (κ2) is 5.53. The summed E-state index contributed by atoms with van der Waals surface area (Å²) in [5, 5.41) is 2.97. The number of ether oxygens (including phenoxy) is 1. The summed E-state index contributed by atoms with van der Waals surface area (Å²) in [6, 6.07) is 4.79. The van der Waals surface area contributed by atoms with Crippen molar-refractivity contribution in [2.45, 2.75) is 26.5 Å². The van der Waals surface area contributed by atoms with Crippen molar-refractivity contribution in [2.24, 2.45) is 0 Å². The number of hydrogen-bond acceptors (Lipinski definition) is 3. The van der Waals surface area contributed by atoms with Crippen molar-refractivity contribution in [3.05, 3.63) is 42.2 Å². The lowest BCUT2D eigenvalue weighted by Crippen LogP contribution is -2.07.